The Kier molecular flexibility index (Phi) is 2.37. The quantitative estimate of drug-likeness (QED) is 0.721. The monoisotopic (exact) mass is 240 g/mol. The molecular weight excluding hydrogens is 228 g/mol. The number of aryl methyl sites for hydroxylation is 1. The predicted molar refractivity (Wildman–Crippen MR) is 68.7 cm³/mol. The molecule has 0 spiro atoms. The maximum atomic E-state index is 5.87. The number of rotatable bonds is 2. The third-order valence-electron chi connectivity index (χ3n) is 2.78. The van der Waals surface area contributed by atoms with Crippen molar-refractivity contribution in [2.24, 2.45) is 0 Å². The second kappa shape index (κ2) is 4.03. The molecule has 3 aromatic rings. The fraction of sp³-hybridized carbons (Fsp3) is 0.0769. The van der Waals surface area contributed by atoms with E-state index in [2.05, 4.69) is 15.4 Å². The summed E-state index contributed by atoms with van der Waals surface area (Å²) in [6.45, 7) is 2.03. The average Bonchev–Trinajstić information content (AvgIpc) is 2.97. The van der Waals surface area contributed by atoms with Crippen LogP contribution in [0.15, 0.2) is 41.1 Å². The van der Waals surface area contributed by atoms with Crippen molar-refractivity contribution < 1.29 is 4.52 Å². The van der Waals surface area contributed by atoms with Gasteiger partial charge >= 0.3 is 0 Å². The van der Waals surface area contributed by atoms with Crippen molar-refractivity contribution in [2.75, 3.05) is 5.73 Å². The minimum atomic E-state index is 0.310. The molecule has 90 valence electrons. The van der Waals surface area contributed by atoms with Gasteiger partial charge in [-0.15, -0.1) is 0 Å². The molecule has 0 saturated carbocycles. The molecule has 18 heavy (non-hydrogen) atoms. The Hall–Kier alpha value is -2.56. The summed E-state index contributed by atoms with van der Waals surface area (Å²) in [5, 5.41) is 10.8. The van der Waals surface area contributed by atoms with Gasteiger partial charge in [0.2, 0.25) is 5.88 Å². The van der Waals surface area contributed by atoms with E-state index in [1.165, 1.54) is 0 Å². The minimum absolute atomic E-state index is 0.310. The Bertz CT molecular complexity index is 670. The Morgan fingerprint density at radius 1 is 1.28 bits per heavy atom. The Morgan fingerprint density at radius 3 is 2.89 bits per heavy atom. The number of aromatic amines is 1. The van der Waals surface area contributed by atoms with Crippen molar-refractivity contribution in [3.8, 4) is 22.5 Å². The van der Waals surface area contributed by atoms with Gasteiger partial charge in [-0.2, -0.15) is 5.10 Å². The number of H-pyrrole nitrogens is 1. The zero-order valence-corrected chi connectivity index (χ0v) is 9.84. The summed E-state index contributed by atoms with van der Waals surface area (Å²) < 4.78 is 5.09. The molecule has 2 aromatic heterocycles. The molecule has 1 aromatic carbocycles. The van der Waals surface area contributed by atoms with Crippen molar-refractivity contribution in [2.45, 2.75) is 6.92 Å². The normalized spacial score (nSPS) is 10.7. The molecule has 0 fully saturated rings. The topological polar surface area (TPSA) is 80.7 Å². The summed E-state index contributed by atoms with van der Waals surface area (Å²) in [6, 6.07) is 9.87. The van der Waals surface area contributed by atoms with E-state index in [-0.39, 0.29) is 0 Å². The first-order valence-electron chi connectivity index (χ1n) is 5.57. The van der Waals surface area contributed by atoms with E-state index < -0.39 is 0 Å². The third-order valence-corrected chi connectivity index (χ3v) is 2.78. The lowest BCUT2D eigenvalue weighted by Gasteiger charge is -2.02. The molecule has 0 saturated heterocycles. The van der Waals surface area contributed by atoms with E-state index in [4.69, 9.17) is 10.3 Å². The summed E-state index contributed by atoms with van der Waals surface area (Å²) in [4.78, 5) is 0. The second-order valence-electron chi connectivity index (χ2n) is 4.11. The molecule has 3 N–H and O–H groups in total. The molecule has 5 nitrogen and oxygen atoms in total. The molecule has 0 bridgehead atoms. The Labute approximate surface area is 104 Å². The molecule has 0 amide bonds. The minimum Gasteiger partial charge on any atom is -0.367 e. The highest BCUT2D eigenvalue weighted by atomic mass is 16.5. The van der Waals surface area contributed by atoms with Gasteiger partial charge in [0, 0.05) is 6.20 Å². The van der Waals surface area contributed by atoms with E-state index in [9.17, 15) is 0 Å². The van der Waals surface area contributed by atoms with Gasteiger partial charge in [-0.25, -0.2) is 0 Å². The van der Waals surface area contributed by atoms with Crippen LogP contribution in [0, 0.1) is 6.92 Å². The highest BCUT2D eigenvalue weighted by Crippen LogP contribution is 2.35. The smallest absolute Gasteiger partial charge is 0.230 e. The number of nitrogen functional groups attached to an aromatic ring is 1. The maximum absolute atomic E-state index is 5.87. The Balaban J connectivity index is 2.20. The zero-order chi connectivity index (χ0) is 12.5. The van der Waals surface area contributed by atoms with Gasteiger partial charge in [0.05, 0.1) is 11.3 Å². The molecule has 0 aliphatic carbocycles. The molecule has 2 heterocycles. The van der Waals surface area contributed by atoms with Crippen LogP contribution in [-0.4, -0.2) is 15.4 Å². The van der Waals surface area contributed by atoms with E-state index in [1.807, 2.05) is 37.3 Å². The van der Waals surface area contributed by atoms with E-state index in [1.54, 1.807) is 6.20 Å². The van der Waals surface area contributed by atoms with Crippen molar-refractivity contribution >= 4 is 5.88 Å². The fourth-order valence-electron chi connectivity index (χ4n) is 1.95. The van der Waals surface area contributed by atoms with Crippen LogP contribution in [0.3, 0.4) is 0 Å². The van der Waals surface area contributed by atoms with Gasteiger partial charge in [0.15, 0.2) is 0 Å². The van der Waals surface area contributed by atoms with Gasteiger partial charge < -0.3 is 10.3 Å². The van der Waals surface area contributed by atoms with Crippen LogP contribution < -0.4 is 5.73 Å². The predicted octanol–water partition coefficient (Wildman–Crippen LogP) is 2.62. The van der Waals surface area contributed by atoms with Crippen LogP contribution in [0.25, 0.3) is 22.5 Å². The molecule has 0 aliphatic rings. The first kappa shape index (κ1) is 10.6. The number of aromatic nitrogens is 3. The van der Waals surface area contributed by atoms with Crippen LogP contribution >= 0.6 is 0 Å². The first-order chi connectivity index (χ1) is 8.75. The van der Waals surface area contributed by atoms with Gasteiger partial charge in [0.25, 0.3) is 0 Å². The van der Waals surface area contributed by atoms with Gasteiger partial charge in [-0.1, -0.05) is 35.0 Å². The average molecular weight is 240 g/mol. The fourth-order valence-corrected chi connectivity index (χ4v) is 1.95. The van der Waals surface area contributed by atoms with Crippen molar-refractivity contribution in [1.82, 2.24) is 15.4 Å². The largest absolute Gasteiger partial charge is 0.367 e. The molecular formula is C13H12N4O. The van der Waals surface area contributed by atoms with Crippen molar-refractivity contribution in [1.29, 1.82) is 0 Å². The number of hydrogen-bond acceptors (Lipinski definition) is 4. The number of nitrogens with two attached hydrogens (primary N) is 1. The summed E-state index contributed by atoms with van der Waals surface area (Å²) in [6.07, 6.45) is 1.67. The maximum Gasteiger partial charge on any atom is 0.230 e. The lowest BCUT2D eigenvalue weighted by atomic mass is 10.0. The van der Waals surface area contributed by atoms with Crippen LogP contribution in [0.4, 0.5) is 5.88 Å². The van der Waals surface area contributed by atoms with E-state index >= 15 is 0 Å². The number of benzene rings is 1. The van der Waals surface area contributed by atoms with Crippen LogP contribution in [0.2, 0.25) is 0 Å². The van der Waals surface area contributed by atoms with Crippen molar-refractivity contribution in [3.05, 3.63) is 42.1 Å². The standard InChI is InChI=1S/C13H12N4O/c1-8-3-2-4-9(7-8)11-12(17-18-13(11)14)10-5-6-15-16-10/h2-7H,14H2,1H3,(H,15,16). The second-order valence-corrected chi connectivity index (χ2v) is 4.11. The SMILES string of the molecule is Cc1cccc(-c2c(-c3ccn[nH]3)noc2N)c1. The van der Waals surface area contributed by atoms with Crippen LogP contribution in [-0.2, 0) is 0 Å². The summed E-state index contributed by atoms with van der Waals surface area (Å²) in [5.41, 5.74) is 10.3. The third kappa shape index (κ3) is 1.66. The van der Waals surface area contributed by atoms with Crippen LogP contribution in [0.5, 0.6) is 0 Å². The lowest BCUT2D eigenvalue weighted by molar-refractivity contribution is 0.439. The van der Waals surface area contributed by atoms with Crippen LogP contribution in [0.1, 0.15) is 5.56 Å². The molecule has 0 atom stereocenters. The molecule has 0 unspecified atom stereocenters. The highest BCUT2D eigenvalue weighted by Gasteiger charge is 2.18. The molecule has 3 rings (SSSR count). The van der Waals surface area contributed by atoms with Gasteiger partial charge in [-0.3, -0.25) is 5.10 Å². The van der Waals surface area contributed by atoms with Gasteiger partial charge in [-0.05, 0) is 18.6 Å². The Morgan fingerprint density at radius 2 is 2.17 bits per heavy atom. The van der Waals surface area contributed by atoms with E-state index in [0.717, 1.165) is 22.4 Å². The van der Waals surface area contributed by atoms with E-state index in [0.29, 0.717) is 11.6 Å². The summed E-state index contributed by atoms with van der Waals surface area (Å²) >= 11 is 0. The number of nitrogens with one attached hydrogen (secondary N) is 1. The number of nitrogens with zero attached hydrogens (tertiary/aromatic N) is 2. The molecule has 5 heteroatoms. The first-order valence-corrected chi connectivity index (χ1v) is 5.57. The zero-order valence-electron chi connectivity index (χ0n) is 9.84. The highest BCUT2D eigenvalue weighted by molar-refractivity contribution is 5.85. The summed E-state index contributed by atoms with van der Waals surface area (Å²) in [7, 11) is 0. The number of anilines is 1. The van der Waals surface area contributed by atoms with Crippen molar-refractivity contribution in [3.63, 3.8) is 0 Å². The lowest BCUT2D eigenvalue weighted by Crippen LogP contribution is -1.88. The molecule has 0 radical (unpaired) electrons. The van der Waals surface area contributed by atoms with Gasteiger partial charge in [0.1, 0.15) is 5.69 Å². The molecule has 0 aliphatic heterocycles. The number of hydrogen-bond donors (Lipinski definition) is 2. The summed E-state index contributed by atoms with van der Waals surface area (Å²) in [5.74, 6) is 0.310.